The van der Waals surface area contributed by atoms with Crippen LogP contribution in [0.2, 0.25) is 0 Å². The maximum Gasteiger partial charge on any atom is 0.317 e. The van der Waals surface area contributed by atoms with E-state index in [1.165, 1.54) is 0 Å². The third kappa shape index (κ3) is 1.43. The van der Waals surface area contributed by atoms with Crippen LogP contribution in [0.4, 0.5) is 0 Å². The molecule has 2 N–H and O–H groups in total. The molecule has 0 spiro atoms. The van der Waals surface area contributed by atoms with Crippen LogP contribution in [0.15, 0.2) is 41.1 Å². The number of fused-ring (bicyclic) bond motifs is 1. The van der Waals surface area contributed by atoms with Gasteiger partial charge in [-0.3, -0.25) is 4.79 Å². The molecule has 1 saturated carbocycles. The Morgan fingerprint density at radius 3 is 2.90 bits per heavy atom. The largest absolute Gasteiger partial charge is 0.480 e. The fourth-order valence-electron chi connectivity index (χ4n) is 2.56. The molecule has 2 aromatic heterocycles. The van der Waals surface area contributed by atoms with Crippen LogP contribution in [0, 0.1) is 0 Å². The van der Waals surface area contributed by atoms with Gasteiger partial charge in [0.05, 0.1) is 11.9 Å². The van der Waals surface area contributed by atoms with Crippen LogP contribution in [-0.4, -0.2) is 21.0 Å². The highest BCUT2D eigenvalue weighted by Gasteiger charge is 2.54. The minimum atomic E-state index is -0.810. The molecule has 0 atom stereocenters. The molecule has 5 heteroatoms. The van der Waals surface area contributed by atoms with Crippen molar-refractivity contribution in [1.29, 1.82) is 0 Å². The van der Waals surface area contributed by atoms with Crippen molar-refractivity contribution in [3.05, 3.63) is 42.5 Å². The second kappa shape index (κ2) is 3.72. The average molecular weight is 268 g/mol. The average Bonchev–Trinajstić information content (AvgIpc) is 2.95. The monoisotopic (exact) mass is 268 g/mol. The van der Waals surface area contributed by atoms with Gasteiger partial charge in [-0.25, -0.2) is 4.98 Å². The Hall–Kier alpha value is -2.56. The van der Waals surface area contributed by atoms with Gasteiger partial charge in [-0.1, -0.05) is 18.2 Å². The van der Waals surface area contributed by atoms with E-state index in [-0.39, 0.29) is 0 Å². The maximum atomic E-state index is 11.3. The molecule has 3 aromatic rings. The Balaban J connectivity index is 1.81. The van der Waals surface area contributed by atoms with Crippen LogP contribution in [0.1, 0.15) is 18.7 Å². The lowest BCUT2D eigenvalue weighted by Crippen LogP contribution is -2.20. The lowest BCUT2D eigenvalue weighted by atomic mass is 10.1. The first-order valence-corrected chi connectivity index (χ1v) is 6.46. The highest BCUT2D eigenvalue weighted by atomic mass is 16.4. The summed E-state index contributed by atoms with van der Waals surface area (Å²) in [5.41, 5.74) is 1.69. The van der Waals surface area contributed by atoms with Crippen LogP contribution in [0.5, 0.6) is 0 Å². The van der Waals surface area contributed by atoms with Crippen LogP contribution >= 0.6 is 0 Å². The van der Waals surface area contributed by atoms with Gasteiger partial charge in [-0.05, 0) is 18.9 Å². The van der Waals surface area contributed by atoms with Crippen molar-refractivity contribution in [3.8, 4) is 11.3 Å². The van der Waals surface area contributed by atoms with Crippen LogP contribution in [-0.2, 0) is 10.2 Å². The number of benzene rings is 1. The topological polar surface area (TPSA) is 79.1 Å². The molecule has 100 valence electrons. The molecule has 1 aromatic carbocycles. The van der Waals surface area contributed by atoms with Gasteiger partial charge < -0.3 is 14.5 Å². The fourth-order valence-corrected chi connectivity index (χ4v) is 2.56. The number of carboxylic acids is 1. The van der Waals surface area contributed by atoms with Gasteiger partial charge in [-0.2, -0.15) is 0 Å². The van der Waals surface area contributed by atoms with E-state index < -0.39 is 11.4 Å². The molecule has 0 unspecified atom stereocenters. The zero-order valence-electron chi connectivity index (χ0n) is 10.6. The number of carbonyl (C=O) groups is 1. The zero-order valence-corrected chi connectivity index (χ0v) is 10.6. The van der Waals surface area contributed by atoms with Gasteiger partial charge in [0.15, 0.2) is 0 Å². The van der Waals surface area contributed by atoms with E-state index in [0.717, 1.165) is 22.2 Å². The Bertz CT molecular complexity index is 811. The molecule has 20 heavy (non-hydrogen) atoms. The molecule has 0 aliphatic heterocycles. The molecule has 2 heterocycles. The molecule has 5 nitrogen and oxygen atoms in total. The molecule has 4 rings (SSSR count). The third-order valence-electron chi connectivity index (χ3n) is 3.96. The van der Waals surface area contributed by atoms with E-state index in [0.29, 0.717) is 18.7 Å². The minimum Gasteiger partial charge on any atom is -0.480 e. The smallest absolute Gasteiger partial charge is 0.317 e. The zero-order chi connectivity index (χ0) is 13.7. The summed E-state index contributed by atoms with van der Waals surface area (Å²) in [6.07, 6.45) is 4.63. The van der Waals surface area contributed by atoms with Gasteiger partial charge >= 0.3 is 5.97 Å². The molecular formula is C15H12N2O3. The number of imidazole rings is 1. The van der Waals surface area contributed by atoms with E-state index in [9.17, 15) is 9.90 Å². The summed E-state index contributed by atoms with van der Waals surface area (Å²) in [5, 5.41) is 10.3. The standard InChI is InChI=1S/C15H12N2O3/c18-14(19)15(5-6-15)13-16-7-11(17-13)10-8-20-12-4-2-1-3-9(10)12/h1-4,7-8H,5-6H2,(H,16,17)(H,18,19). The molecule has 1 fully saturated rings. The van der Waals surface area contributed by atoms with Crippen molar-refractivity contribution in [2.45, 2.75) is 18.3 Å². The first kappa shape index (κ1) is 11.3. The summed E-state index contributed by atoms with van der Waals surface area (Å²) >= 11 is 0. The second-order valence-corrected chi connectivity index (χ2v) is 5.18. The Morgan fingerprint density at radius 2 is 2.15 bits per heavy atom. The van der Waals surface area contributed by atoms with Crippen molar-refractivity contribution in [2.75, 3.05) is 0 Å². The number of rotatable bonds is 3. The minimum absolute atomic E-state index is 0.533. The highest BCUT2D eigenvalue weighted by Crippen LogP contribution is 2.47. The summed E-state index contributed by atoms with van der Waals surface area (Å²) in [6.45, 7) is 0. The Kier molecular flexibility index (Phi) is 2.10. The number of para-hydroxylation sites is 1. The second-order valence-electron chi connectivity index (χ2n) is 5.18. The van der Waals surface area contributed by atoms with Crippen molar-refractivity contribution in [2.24, 2.45) is 0 Å². The van der Waals surface area contributed by atoms with Gasteiger partial charge in [0.25, 0.3) is 0 Å². The van der Waals surface area contributed by atoms with Crippen molar-refractivity contribution in [3.63, 3.8) is 0 Å². The van der Waals surface area contributed by atoms with Crippen molar-refractivity contribution >= 4 is 16.9 Å². The van der Waals surface area contributed by atoms with E-state index in [4.69, 9.17) is 4.42 Å². The molecule has 0 radical (unpaired) electrons. The first-order valence-electron chi connectivity index (χ1n) is 6.46. The molecule has 0 saturated heterocycles. The molecule has 1 aliphatic carbocycles. The summed E-state index contributed by atoms with van der Waals surface area (Å²) in [7, 11) is 0. The number of nitrogens with one attached hydrogen (secondary N) is 1. The van der Waals surface area contributed by atoms with Crippen molar-refractivity contribution < 1.29 is 14.3 Å². The molecular weight excluding hydrogens is 256 g/mol. The Labute approximate surface area is 114 Å². The predicted octanol–water partition coefficient (Wildman–Crippen LogP) is 2.94. The summed E-state index contributed by atoms with van der Waals surface area (Å²) < 4.78 is 5.50. The van der Waals surface area contributed by atoms with E-state index >= 15 is 0 Å². The fraction of sp³-hybridized carbons (Fsp3) is 0.200. The third-order valence-corrected chi connectivity index (χ3v) is 3.96. The number of furan rings is 1. The number of H-pyrrole nitrogens is 1. The summed E-state index contributed by atoms with van der Waals surface area (Å²) in [6, 6.07) is 7.73. The quantitative estimate of drug-likeness (QED) is 0.765. The van der Waals surface area contributed by atoms with Gasteiger partial charge in [-0.15, -0.1) is 0 Å². The predicted molar refractivity (Wildman–Crippen MR) is 72.3 cm³/mol. The number of aromatic amines is 1. The number of hydrogen-bond donors (Lipinski definition) is 2. The Morgan fingerprint density at radius 1 is 1.35 bits per heavy atom. The summed E-state index contributed by atoms with van der Waals surface area (Å²) in [4.78, 5) is 18.7. The van der Waals surface area contributed by atoms with E-state index in [1.807, 2.05) is 24.3 Å². The normalized spacial score (nSPS) is 16.4. The number of aliphatic carboxylic acids is 1. The number of nitrogens with zero attached hydrogens (tertiary/aromatic N) is 1. The number of hydrogen-bond acceptors (Lipinski definition) is 3. The number of carboxylic acid groups (broad SMARTS) is 1. The van der Waals surface area contributed by atoms with Crippen LogP contribution in [0.25, 0.3) is 22.2 Å². The van der Waals surface area contributed by atoms with Crippen molar-refractivity contribution in [1.82, 2.24) is 9.97 Å². The molecule has 0 amide bonds. The van der Waals surface area contributed by atoms with Gasteiger partial charge in [0, 0.05) is 10.9 Å². The van der Waals surface area contributed by atoms with E-state index in [2.05, 4.69) is 9.97 Å². The highest BCUT2D eigenvalue weighted by molar-refractivity contribution is 5.93. The van der Waals surface area contributed by atoms with E-state index in [1.54, 1.807) is 12.5 Å². The first-order chi connectivity index (χ1) is 9.71. The van der Waals surface area contributed by atoms with Gasteiger partial charge in [0.2, 0.25) is 0 Å². The molecule has 1 aliphatic rings. The summed E-state index contributed by atoms with van der Waals surface area (Å²) in [5.74, 6) is -0.277. The lowest BCUT2D eigenvalue weighted by Gasteiger charge is -2.04. The SMILES string of the molecule is O=C(O)C1(c2ncc(-c3coc4ccccc34)[nH]2)CC1. The van der Waals surface area contributed by atoms with Crippen LogP contribution in [0.3, 0.4) is 0 Å². The van der Waals surface area contributed by atoms with Gasteiger partial charge in [0.1, 0.15) is 23.1 Å². The maximum absolute atomic E-state index is 11.3. The lowest BCUT2D eigenvalue weighted by molar-refractivity contribution is -0.140. The van der Waals surface area contributed by atoms with Crippen LogP contribution < -0.4 is 0 Å². The number of aromatic nitrogens is 2. The molecule has 0 bridgehead atoms.